The normalized spacial score (nSPS) is 12.2. The van der Waals surface area contributed by atoms with Crippen molar-refractivity contribution in [2.24, 2.45) is 0 Å². The number of rotatable bonds is 12. The predicted molar refractivity (Wildman–Crippen MR) is 302 cm³/mol. The summed E-state index contributed by atoms with van der Waals surface area (Å²) in [6.45, 7) is 20.5. The molecule has 0 aliphatic rings. The summed E-state index contributed by atoms with van der Waals surface area (Å²) in [5.41, 5.74) is 13.1. The van der Waals surface area contributed by atoms with Crippen LogP contribution in [0.4, 0.5) is 0 Å². The largest absolute Gasteiger partial charge is 0.510 e. The van der Waals surface area contributed by atoms with Gasteiger partial charge in [0.05, 0.1) is 11.4 Å². The van der Waals surface area contributed by atoms with Gasteiger partial charge in [-0.25, -0.2) is 4.98 Å². The quantitative estimate of drug-likeness (QED) is 0.0903. The third kappa shape index (κ3) is 9.71. The second-order valence-corrected chi connectivity index (χ2v) is 22.2. The molecule has 11 rings (SSSR count). The fraction of sp³-hybridized carbons (Fsp3) is 0.188. The number of para-hydroxylation sites is 1. The van der Waals surface area contributed by atoms with Gasteiger partial charge in [-0.3, -0.25) is 4.57 Å². The maximum atomic E-state index is 7.00. The minimum Gasteiger partial charge on any atom is -0.510 e. The van der Waals surface area contributed by atoms with Gasteiger partial charge in [0.15, 0.2) is 0 Å². The van der Waals surface area contributed by atoms with Crippen LogP contribution in [0.5, 0.6) is 11.5 Å². The summed E-state index contributed by atoms with van der Waals surface area (Å²) in [4.78, 5) is 4.92. The van der Waals surface area contributed by atoms with Crippen molar-refractivity contribution < 1.29 is 30.4 Å². The van der Waals surface area contributed by atoms with Crippen molar-refractivity contribution in [3.8, 4) is 39.9 Å². The standard InChI is InChI=1S/C69H62N4O.Pt/c1-66(2,3)52-36-37-70-65(43-52)73-62-33-23-22-32-60(62)61-35-34-58(45-63(61)73)74-59-42-55(69(8,9)51-30-20-13-21-31-51)39-56(44-59)71-46-64(48-24-14-10-15-25-48)72(47-71)57-40-53(67(4,5)49-26-16-11-17-27-49)38-54(41-57)68(6,7)50-28-18-12-19-29-50;/h10-43,46H,1-9H3;/q-2;. The molecule has 0 unspecified atom stereocenters. The Morgan fingerprint density at radius 1 is 0.467 bits per heavy atom. The van der Waals surface area contributed by atoms with E-state index in [1.54, 1.807) is 0 Å². The van der Waals surface area contributed by atoms with E-state index in [2.05, 4.69) is 295 Å². The zero-order valence-corrected chi connectivity index (χ0v) is 46.5. The summed E-state index contributed by atoms with van der Waals surface area (Å²) in [6, 6.07) is 78.8. The Bertz CT molecular complexity index is 3740. The zero-order chi connectivity index (χ0) is 51.4. The first-order chi connectivity index (χ1) is 35.6. The van der Waals surface area contributed by atoms with Gasteiger partial charge in [0, 0.05) is 61.3 Å². The van der Waals surface area contributed by atoms with Crippen LogP contribution in [-0.4, -0.2) is 14.1 Å². The molecule has 0 aliphatic heterocycles. The van der Waals surface area contributed by atoms with E-state index in [1.165, 1.54) is 33.4 Å². The van der Waals surface area contributed by atoms with Crippen LogP contribution >= 0.6 is 0 Å². The summed E-state index contributed by atoms with van der Waals surface area (Å²) in [5, 5.41) is 2.20. The van der Waals surface area contributed by atoms with E-state index in [9.17, 15) is 0 Å². The fourth-order valence-electron chi connectivity index (χ4n) is 10.4. The molecule has 376 valence electrons. The Hall–Kier alpha value is -7.59. The average molecular weight is 1160 g/mol. The zero-order valence-electron chi connectivity index (χ0n) is 44.2. The monoisotopic (exact) mass is 1160 g/mol. The van der Waals surface area contributed by atoms with Crippen molar-refractivity contribution in [3.05, 3.63) is 270 Å². The molecule has 3 heterocycles. The van der Waals surface area contributed by atoms with E-state index in [-0.39, 0.29) is 37.3 Å². The van der Waals surface area contributed by atoms with E-state index in [0.717, 1.165) is 55.8 Å². The van der Waals surface area contributed by atoms with Crippen LogP contribution in [0.3, 0.4) is 0 Å². The average Bonchev–Trinajstić information content (AvgIpc) is 4.03. The van der Waals surface area contributed by atoms with Crippen LogP contribution < -0.4 is 9.30 Å². The number of ether oxygens (including phenoxy) is 1. The molecular weight excluding hydrogens is 1100 g/mol. The Kier molecular flexibility index (Phi) is 13.5. The van der Waals surface area contributed by atoms with Crippen molar-refractivity contribution >= 4 is 21.8 Å². The second kappa shape index (κ2) is 19.9. The number of imidazole rings is 1. The number of aromatic nitrogens is 4. The summed E-state index contributed by atoms with van der Waals surface area (Å²) in [7, 11) is 0. The molecular formula is C69H62N4OPt-2. The molecule has 0 amide bonds. The molecule has 5 nitrogen and oxygen atoms in total. The van der Waals surface area contributed by atoms with E-state index in [1.807, 2.05) is 12.3 Å². The molecule has 0 saturated heterocycles. The van der Waals surface area contributed by atoms with Crippen molar-refractivity contribution in [2.45, 2.75) is 84.0 Å². The van der Waals surface area contributed by atoms with E-state index >= 15 is 0 Å². The summed E-state index contributed by atoms with van der Waals surface area (Å²) in [6.07, 6.45) is 7.95. The van der Waals surface area contributed by atoms with Gasteiger partial charge in [-0.15, -0.1) is 35.2 Å². The number of nitrogens with zero attached hydrogens (tertiary/aromatic N) is 4. The Morgan fingerprint density at radius 2 is 1.00 bits per heavy atom. The van der Waals surface area contributed by atoms with Gasteiger partial charge < -0.3 is 13.9 Å². The summed E-state index contributed by atoms with van der Waals surface area (Å²) < 4.78 is 13.5. The second-order valence-electron chi connectivity index (χ2n) is 22.2. The van der Waals surface area contributed by atoms with E-state index < -0.39 is 5.41 Å². The number of pyridine rings is 1. The molecule has 0 fully saturated rings. The summed E-state index contributed by atoms with van der Waals surface area (Å²) in [5.74, 6) is 1.99. The van der Waals surface area contributed by atoms with Crippen LogP contribution in [0.25, 0.3) is 50.3 Å². The van der Waals surface area contributed by atoms with Gasteiger partial charge >= 0.3 is 0 Å². The topological polar surface area (TPSA) is 35.9 Å². The molecule has 0 saturated carbocycles. The number of benzene rings is 8. The molecule has 0 bridgehead atoms. The molecule has 0 atom stereocenters. The fourth-order valence-corrected chi connectivity index (χ4v) is 10.4. The van der Waals surface area contributed by atoms with Gasteiger partial charge in [0.1, 0.15) is 5.82 Å². The predicted octanol–water partition coefficient (Wildman–Crippen LogP) is 16.4. The Labute approximate surface area is 457 Å². The molecule has 3 aromatic heterocycles. The van der Waals surface area contributed by atoms with Crippen LogP contribution in [0.15, 0.2) is 213 Å². The first kappa shape index (κ1) is 50.9. The van der Waals surface area contributed by atoms with Crippen molar-refractivity contribution in [1.82, 2.24) is 14.1 Å². The van der Waals surface area contributed by atoms with Crippen molar-refractivity contribution in [2.75, 3.05) is 0 Å². The van der Waals surface area contributed by atoms with E-state index in [0.29, 0.717) is 11.5 Å². The van der Waals surface area contributed by atoms with Gasteiger partial charge in [-0.2, -0.15) is 12.1 Å². The molecule has 8 aromatic carbocycles. The minimum absolute atomic E-state index is 0. The third-order valence-corrected chi connectivity index (χ3v) is 15.3. The Balaban J connectivity index is 0.00000641. The maximum Gasteiger partial charge on any atom is 0.267 e. The number of hydrogen-bond acceptors (Lipinski definition) is 2. The molecule has 6 heteroatoms. The summed E-state index contributed by atoms with van der Waals surface area (Å²) >= 11 is 0. The van der Waals surface area contributed by atoms with Crippen LogP contribution in [0.1, 0.15) is 101 Å². The van der Waals surface area contributed by atoms with Gasteiger partial charge in [-0.05, 0) is 91.2 Å². The number of fused-ring (bicyclic) bond motifs is 3. The van der Waals surface area contributed by atoms with Gasteiger partial charge in [0.25, 0.3) is 6.33 Å². The molecule has 11 aromatic rings. The number of hydrogen-bond donors (Lipinski definition) is 0. The molecule has 75 heavy (non-hydrogen) atoms. The van der Waals surface area contributed by atoms with Crippen molar-refractivity contribution in [3.63, 3.8) is 0 Å². The maximum absolute atomic E-state index is 7.00. The van der Waals surface area contributed by atoms with Gasteiger partial charge in [-0.1, -0.05) is 213 Å². The molecule has 0 spiro atoms. The van der Waals surface area contributed by atoms with Gasteiger partial charge in [0.2, 0.25) is 0 Å². The molecule has 0 radical (unpaired) electrons. The van der Waals surface area contributed by atoms with Crippen molar-refractivity contribution in [1.29, 1.82) is 0 Å². The third-order valence-electron chi connectivity index (χ3n) is 15.3. The SMILES string of the molecule is CC(C)(C)c1ccnc(-n2c3[c-]c(Oc4[c-]c(-n5[c-][n+](-c6cc(C(C)(C)c7ccccc7)cc(C(C)(C)c7ccccc7)c6)c(-c6ccccc6)c5)cc(C(C)(C)c5ccccc5)c4)ccc3c3ccccc32)c1.[Pt]. The Morgan fingerprint density at radius 3 is 1.57 bits per heavy atom. The smallest absolute Gasteiger partial charge is 0.267 e. The van der Waals surface area contributed by atoms with E-state index in [4.69, 9.17) is 9.72 Å². The van der Waals surface area contributed by atoms with Crippen LogP contribution in [0, 0.1) is 18.5 Å². The first-order valence-electron chi connectivity index (χ1n) is 25.7. The first-order valence-corrected chi connectivity index (χ1v) is 25.7. The minimum atomic E-state index is -0.409. The molecule has 0 aliphatic carbocycles. The van der Waals surface area contributed by atoms with Crippen LogP contribution in [-0.2, 0) is 42.7 Å². The molecule has 0 N–H and O–H groups in total. The van der Waals surface area contributed by atoms with Crippen LogP contribution in [0.2, 0.25) is 0 Å².